The number of carbonyl (C=O) groups excluding carboxylic acids is 1. The lowest BCUT2D eigenvalue weighted by Gasteiger charge is -2.38. The van der Waals surface area contributed by atoms with E-state index in [1.165, 1.54) is 0 Å². The fourth-order valence-corrected chi connectivity index (χ4v) is 2.94. The van der Waals surface area contributed by atoms with Crippen LogP contribution in [0.1, 0.15) is 18.4 Å². The number of halogens is 1. The largest absolute Gasteiger partial charge is 0.384 e. The number of ether oxygens (including phenoxy) is 1. The van der Waals surface area contributed by atoms with Gasteiger partial charge in [0, 0.05) is 20.7 Å². The maximum absolute atomic E-state index is 12.8. The molecule has 1 N–H and O–H groups in total. The summed E-state index contributed by atoms with van der Waals surface area (Å²) >= 11 is 0. The van der Waals surface area contributed by atoms with Gasteiger partial charge in [-0.3, -0.25) is 4.79 Å². The molecule has 4 nitrogen and oxygen atoms in total. The van der Waals surface area contributed by atoms with E-state index in [9.17, 15) is 4.79 Å². The third kappa shape index (κ3) is 4.43. The first-order valence-electron chi connectivity index (χ1n) is 7.17. The summed E-state index contributed by atoms with van der Waals surface area (Å²) < 4.78 is 5.33. The average Bonchev–Trinajstić information content (AvgIpc) is 2.48. The molecule has 0 aliphatic carbocycles. The predicted octanol–water partition coefficient (Wildman–Crippen LogP) is 2.08. The highest BCUT2D eigenvalue weighted by molar-refractivity contribution is 5.85. The molecular weight excluding hydrogens is 288 g/mol. The molecule has 0 saturated carbocycles. The number of carbonyl (C=O) groups is 1. The molecule has 0 aromatic heterocycles. The minimum atomic E-state index is -0.358. The van der Waals surface area contributed by atoms with Gasteiger partial charge in [0.15, 0.2) is 0 Å². The number of nitrogens with one attached hydrogen (secondary N) is 1. The van der Waals surface area contributed by atoms with Crippen molar-refractivity contribution in [3.8, 4) is 0 Å². The quantitative estimate of drug-likeness (QED) is 0.905. The van der Waals surface area contributed by atoms with E-state index in [1.54, 1.807) is 7.11 Å². The van der Waals surface area contributed by atoms with Crippen molar-refractivity contribution >= 4 is 18.3 Å². The smallest absolute Gasteiger partial charge is 0.231 e. The molecule has 0 unspecified atom stereocenters. The van der Waals surface area contributed by atoms with Gasteiger partial charge in [0.2, 0.25) is 5.91 Å². The summed E-state index contributed by atoms with van der Waals surface area (Å²) in [5.41, 5.74) is 0.800. The lowest BCUT2D eigenvalue weighted by Crippen LogP contribution is -2.50. The summed E-state index contributed by atoms with van der Waals surface area (Å²) in [5.74, 6) is 0.199. The van der Waals surface area contributed by atoms with E-state index in [0.717, 1.165) is 31.5 Å². The van der Waals surface area contributed by atoms with Crippen LogP contribution < -0.4 is 5.32 Å². The molecule has 2 rings (SSSR count). The van der Waals surface area contributed by atoms with E-state index < -0.39 is 0 Å². The summed E-state index contributed by atoms with van der Waals surface area (Å²) in [6, 6.07) is 10.1. The van der Waals surface area contributed by atoms with E-state index >= 15 is 0 Å². The zero-order valence-corrected chi connectivity index (χ0v) is 13.6. The number of piperidine rings is 1. The molecule has 0 atom stereocenters. The van der Waals surface area contributed by atoms with Crippen LogP contribution in [0, 0.1) is 5.41 Å². The third-order valence-electron chi connectivity index (χ3n) is 4.04. The number of methoxy groups -OCH3 is 1. The molecule has 0 spiro atoms. The summed E-state index contributed by atoms with van der Waals surface area (Å²) in [4.78, 5) is 14.7. The lowest BCUT2D eigenvalue weighted by molar-refractivity contribution is -0.146. The Morgan fingerprint density at radius 1 is 1.29 bits per heavy atom. The van der Waals surface area contributed by atoms with Crippen molar-refractivity contribution in [3.63, 3.8) is 0 Å². The molecular formula is C16H25ClN2O2. The van der Waals surface area contributed by atoms with Gasteiger partial charge < -0.3 is 15.0 Å². The maximum atomic E-state index is 12.8. The van der Waals surface area contributed by atoms with Gasteiger partial charge in [-0.25, -0.2) is 0 Å². The number of nitrogens with zero attached hydrogens (tertiary/aromatic N) is 1. The van der Waals surface area contributed by atoms with E-state index in [1.807, 2.05) is 30.1 Å². The van der Waals surface area contributed by atoms with Crippen molar-refractivity contribution in [2.45, 2.75) is 19.4 Å². The first-order chi connectivity index (χ1) is 9.68. The van der Waals surface area contributed by atoms with Crippen molar-refractivity contribution in [2.24, 2.45) is 5.41 Å². The number of hydrogen-bond acceptors (Lipinski definition) is 3. The zero-order chi connectivity index (χ0) is 14.4. The fraction of sp³-hybridized carbons (Fsp3) is 0.562. The Balaban J connectivity index is 0.00000220. The zero-order valence-electron chi connectivity index (χ0n) is 12.8. The molecule has 1 aromatic rings. The van der Waals surface area contributed by atoms with Crippen LogP contribution in [0.15, 0.2) is 30.3 Å². The first kappa shape index (κ1) is 18.0. The summed E-state index contributed by atoms with van der Waals surface area (Å²) in [7, 11) is 3.56. The van der Waals surface area contributed by atoms with Gasteiger partial charge in [-0.2, -0.15) is 0 Å². The normalized spacial score (nSPS) is 16.9. The molecule has 118 valence electrons. The Kier molecular flexibility index (Phi) is 7.15. The minimum Gasteiger partial charge on any atom is -0.384 e. The second-order valence-corrected chi connectivity index (χ2v) is 5.61. The van der Waals surface area contributed by atoms with Gasteiger partial charge in [-0.15, -0.1) is 12.4 Å². The SMILES string of the molecule is COCC1(C(=O)N(C)Cc2ccccc2)CCNCC1.Cl. The van der Waals surface area contributed by atoms with E-state index in [4.69, 9.17) is 4.74 Å². The van der Waals surface area contributed by atoms with Gasteiger partial charge in [-0.05, 0) is 31.5 Å². The van der Waals surface area contributed by atoms with Gasteiger partial charge in [0.1, 0.15) is 0 Å². The molecule has 0 bridgehead atoms. The maximum Gasteiger partial charge on any atom is 0.231 e. The molecule has 1 aliphatic rings. The molecule has 0 radical (unpaired) electrons. The van der Waals surface area contributed by atoms with Crippen LogP contribution in [0.25, 0.3) is 0 Å². The minimum absolute atomic E-state index is 0. The first-order valence-corrected chi connectivity index (χ1v) is 7.17. The average molecular weight is 313 g/mol. The van der Waals surface area contributed by atoms with Crippen LogP contribution in [0.5, 0.6) is 0 Å². The highest BCUT2D eigenvalue weighted by Crippen LogP contribution is 2.31. The molecule has 1 fully saturated rings. The second kappa shape index (κ2) is 8.37. The Morgan fingerprint density at radius 2 is 1.90 bits per heavy atom. The van der Waals surface area contributed by atoms with Crippen molar-refractivity contribution in [1.29, 1.82) is 0 Å². The van der Waals surface area contributed by atoms with Crippen LogP contribution in [0.2, 0.25) is 0 Å². The predicted molar refractivity (Wildman–Crippen MR) is 86.6 cm³/mol. The Hall–Kier alpha value is -1.10. The van der Waals surface area contributed by atoms with Crippen molar-refractivity contribution < 1.29 is 9.53 Å². The van der Waals surface area contributed by atoms with E-state index in [0.29, 0.717) is 13.2 Å². The van der Waals surface area contributed by atoms with Crippen LogP contribution in [0.4, 0.5) is 0 Å². The Labute approximate surface area is 133 Å². The van der Waals surface area contributed by atoms with Crippen molar-refractivity contribution in [3.05, 3.63) is 35.9 Å². The van der Waals surface area contributed by atoms with Gasteiger partial charge in [-0.1, -0.05) is 30.3 Å². The van der Waals surface area contributed by atoms with E-state index in [2.05, 4.69) is 17.4 Å². The van der Waals surface area contributed by atoms with Crippen LogP contribution >= 0.6 is 12.4 Å². The summed E-state index contributed by atoms with van der Waals surface area (Å²) in [5, 5.41) is 3.32. The van der Waals surface area contributed by atoms with Gasteiger partial charge in [0.05, 0.1) is 12.0 Å². The van der Waals surface area contributed by atoms with Gasteiger partial charge >= 0.3 is 0 Å². The molecule has 5 heteroatoms. The van der Waals surface area contributed by atoms with E-state index in [-0.39, 0.29) is 23.7 Å². The van der Waals surface area contributed by atoms with Crippen molar-refractivity contribution in [1.82, 2.24) is 10.2 Å². The lowest BCUT2D eigenvalue weighted by atomic mass is 9.78. The topological polar surface area (TPSA) is 41.6 Å². The number of rotatable bonds is 5. The van der Waals surface area contributed by atoms with Crippen LogP contribution in [-0.4, -0.2) is 44.7 Å². The molecule has 1 heterocycles. The summed E-state index contributed by atoms with van der Waals surface area (Å²) in [6.45, 7) is 2.92. The van der Waals surface area contributed by atoms with Crippen LogP contribution in [0.3, 0.4) is 0 Å². The molecule has 1 saturated heterocycles. The Bertz CT molecular complexity index is 428. The standard InChI is InChI=1S/C16H24N2O2.ClH/c1-18(12-14-6-4-3-5-7-14)15(19)16(13-20-2)8-10-17-11-9-16;/h3-7,17H,8-13H2,1-2H3;1H. The molecule has 1 aliphatic heterocycles. The number of amides is 1. The molecule has 21 heavy (non-hydrogen) atoms. The monoisotopic (exact) mass is 312 g/mol. The molecule has 1 amide bonds. The van der Waals surface area contributed by atoms with Crippen molar-refractivity contribution in [2.75, 3.05) is 33.9 Å². The molecule has 1 aromatic carbocycles. The second-order valence-electron chi connectivity index (χ2n) is 5.61. The number of benzene rings is 1. The summed E-state index contributed by atoms with van der Waals surface area (Å²) in [6.07, 6.45) is 1.69. The highest BCUT2D eigenvalue weighted by Gasteiger charge is 2.41. The highest BCUT2D eigenvalue weighted by atomic mass is 35.5. The van der Waals surface area contributed by atoms with Crippen LogP contribution in [-0.2, 0) is 16.1 Å². The van der Waals surface area contributed by atoms with Gasteiger partial charge in [0.25, 0.3) is 0 Å². The number of hydrogen-bond donors (Lipinski definition) is 1. The fourth-order valence-electron chi connectivity index (χ4n) is 2.94. The third-order valence-corrected chi connectivity index (χ3v) is 4.04. The Morgan fingerprint density at radius 3 is 2.48 bits per heavy atom.